The molecule has 0 bridgehead atoms. The van der Waals surface area contributed by atoms with E-state index in [2.05, 4.69) is 17.4 Å². The number of hydrogen-bond donors (Lipinski definition) is 1. The van der Waals surface area contributed by atoms with Crippen LogP contribution in [0.5, 0.6) is 0 Å². The van der Waals surface area contributed by atoms with Crippen LogP contribution in [-0.2, 0) is 14.3 Å². The van der Waals surface area contributed by atoms with Crippen LogP contribution in [0.3, 0.4) is 0 Å². The molecule has 2 aromatic carbocycles. The number of allylic oxidation sites excluding steroid dienone is 3. The molecule has 0 saturated carbocycles. The number of carbonyl (C=O) groups excluding carboxylic acids is 2. The van der Waals surface area contributed by atoms with Gasteiger partial charge in [0.15, 0.2) is 5.78 Å². The van der Waals surface area contributed by atoms with E-state index in [9.17, 15) is 9.59 Å². The van der Waals surface area contributed by atoms with Gasteiger partial charge in [-0.2, -0.15) is 0 Å². The number of benzene rings is 2. The molecule has 0 radical (unpaired) electrons. The summed E-state index contributed by atoms with van der Waals surface area (Å²) < 4.78 is 5.60. The van der Waals surface area contributed by atoms with Gasteiger partial charge in [0.2, 0.25) is 0 Å². The van der Waals surface area contributed by atoms with Crippen LogP contribution in [0.25, 0.3) is 0 Å². The third kappa shape index (κ3) is 4.34. The van der Waals surface area contributed by atoms with Crippen molar-refractivity contribution in [1.82, 2.24) is 5.32 Å². The van der Waals surface area contributed by atoms with Crippen molar-refractivity contribution in [2.24, 2.45) is 5.92 Å². The van der Waals surface area contributed by atoms with Gasteiger partial charge in [0, 0.05) is 29.3 Å². The Balaban J connectivity index is 1.75. The first kappa shape index (κ1) is 21.1. The van der Waals surface area contributed by atoms with Crippen molar-refractivity contribution in [1.29, 1.82) is 0 Å². The Hall–Kier alpha value is -3.14. The van der Waals surface area contributed by atoms with E-state index in [4.69, 9.17) is 4.74 Å². The van der Waals surface area contributed by atoms with E-state index in [-0.39, 0.29) is 23.6 Å². The fourth-order valence-corrected chi connectivity index (χ4v) is 4.57. The lowest BCUT2D eigenvalue weighted by Gasteiger charge is -2.36. The number of hydrogen-bond acceptors (Lipinski definition) is 4. The Kier molecular flexibility index (Phi) is 6.08. The lowest BCUT2D eigenvalue weighted by atomic mass is 9.72. The van der Waals surface area contributed by atoms with Crippen molar-refractivity contribution in [3.05, 3.63) is 94.3 Å². The summed E-state index contributed by atoms with van der Waals surface area (Å²) in [5.41, 5.74) is 5.06. The molecule has 0 spiro atoms. The summed E-state index contributed by atoms with van der Waals surface area (Å²) in [6.07, 6.45) is 1.20. The van der Waals surface area contributed by atoms with Gasteiger partial charge < -0.3 is 10.1 Å². The van der Waals surface area contributed by atoms with Gasteiger partial charge in [-0.05, 0) is 36.3 Å². The Morgan fingerprint density at radius 2 is 1.61 bits per heavy atom. The van der Waals surface area contributed by atoms with Crippen molar-refractivity contribution < 1.29 is 14.3 Å². The van der Waals surface area contributed by atoms with E-state index in [0.717, 1.165) is 23.4 Å². The minimum absolute atomic E-state index is 0.0955. The van der Waals surface area contributed by atoms with Crippen LogP contribution in [0.4, 0.5) is 0 Å². The van der Waals surface area contributed by atoms with Crippen LogP contribution >= 0.6 is 0 Å². The summed E-state index contributed by atoms with van der Waals surface area (Å²) in [6, 6.07) is 20.0. The van der Waals surface area contributed by atoms with Gasteiger partial charge in [0.25, 0.3) is 0 Å². The van der Waals surface area contributed by atoms with Gasteiger partial charge in [-0.25, -0.2) is 4.79 Å². The quantitative estimate of drug-likeness (QED) is 0.678. The summed E-state index contributed by atoms with van der Waals surface area (Å²) in [5, 5.41) is 3.40. The number of rotatable bonds is 5. The second-order valence-electron chi connectivity index (χ2n) is 8.83. The zero-order chi connectivity index (χ0) is 22.0. The van der Waals surface area contributed by atoms with Crippen LogP contribution in [0.1, 0.15) is 56.6 Å². The number of esters is 1. The van der Waals surface area contributed by atoms with Crippen LogP contribution in [0, 0.1) is 5.92 Å². The lowest BCUT2D eigenvalue weighted by Crippen LogP contribution is -2.36. The number of Topliss-reactive ketones (excluding diaryl/α,β-unsaturated/α-hetero) is 1. The molecule has 0 fully saturated rings. The molecular formula is C27H29NO3. The van der Waals surface area contributed by atoms with E-state index in [1.807, 2.05) is 69.3 Å². The highest BCUT2D eigenvalue weighted by Crippen LogP contribution is 2.45. The molecule has 4 heteroatoms. The average Bonchev–Trinajstić information content (AvgIpc) is 2.77. The molecule has 2 aromatic rings. The highest BCUT2D eigenvalue weighted by atomic mass is 16.5. The topological polar surface area (TPSA) is 55.4 Å². The highest BCUT2D eigenvalue weighted by Gasteiger charge is 2.41. The molecule has 160 valence electrons. The molecule has 1 heterocycles. The third-order valence-corrected chi connectivity index (χ3v) is 6.00. The predicted octanol–water partition coefficient (Wildman–Crippen LogP) is 5.25. The first-order valence-electron chi connectivity index (χ1n) is 11.0. The molecule has 1 N–H and O–H groups in total. The molecule has 2 aliphatic rings. The Bertz CT molecular complexity index is 1030. The maximum atomic E-state index is 13.5. The molecule has 0 saturated heterocycles. The molecule has 0 aromatic heterocycles. The second kappa shape index (κ2) is 8.93. The highest BCUT2D eigenvalue weighted by molar-refractivity contribution is 6.04. The lowest BCUT2D eigenvalue weighted by molar-refractivity contribution is -0.140. The minimum Gasteiger partial charge on any atom is -0.462 e. The summed E-state index contributed by atoms with van der Waals surface area (Å²) in [5.74, 6) is -0.274. The number of ether oxygens (including phenoxy) is 1. The van der Waals surface area contributed by atoms with Gasteiger partial charge in [-0.1, -0.05) is 74.5 Å². The van der Waals surface area contributed by atoms with Gasteiger partial charge in [-0.15, -0.1) is 0 Å². The van der Waals surface area contributed by atoms with Gasteiger partial charge >= 0.3 is 5.97 Å². The molecule has 4 nitrogen and oxygen atoms in total. The van der Waals surface area contributed by atoms with Gasteiger partial charge in [0.05, 0.1) is 12.2 Å². The summed E-state index contributed by atoms with van der Waals surface area (Å²) in [6.45, 7) is 6.28. The largest absolute Gasteiger partial charge is 0.462 e. The van der Waals surface area contributed by atoms with Gasteiger partial charge in [-0.3, -0.25) is 4.79 Å². The van der Waals surface area contributed by atoms with Crippen LogP contribution in [0.2, 0.25) is 0 Å². The van der Waals surface area contributed by atoms with Crippen molar-refractivity contribution in [2.45, 2.75) is 45.4 Å². The Labute approximate surface area is 184 Å². The molecule has 4 rings (SSSR count). The number of ketones is 1. The van der Waals surface area contributed by atoms with Crippen LogP contribution in [0.15, 0.2) is 83.2 Å². The molecule has 0 amide bonds. The van der Waals surface area contributed by atoms with Crippen LogP contribution in [-0.4, -0.2) is 18.4 Å². The number of dihydropyridines is 1. The molecular weight excluding hydrogens is 386 g/mol. The van der Waals surface area contributed by atoms with E-state index in [1.54, 1.807) is 0 Å². The molecule has 31 heavy (non-hydrogen) atoms. The molecule has 0 unspecified atom stereocenters. The van der Waals surface area contributed by atoms with Crippen molar-refractivity contribution in [2.75, 3.05) is 6.61 Å². The minimum atomic E-state index is -0.402. The normalized spacial score (nSPS) is 21.1. The fourth-order valence-electron chi connectivity index (χ4n) is 4.57. The van der Waals surface area contributed by atoms with Crippen LogP contribution < -0.4 is 5.32 Å². The molecule has 2 atom stereocenters. The van der Waals surface area contributed by atoms with E-state index in [1.165, 1.54) is 5.56 Å². The number of carbonyl (C=O) groups is 2. The SMILES string of the molecule is CC1=C(C(=O)OCC(C)C)[C@H](c2ccccc2)C2=C(C[C@@H](c3ccccc3)CC2=O)N1. The predicted molar refractivity (Wildman–Crippen MR) is 121 cm³/mol. The van der Waals surface area contributed by atoms with E-state index < -0.39 is 5.92 Å². The first-order valence-corrected chi connectivity index (χ1v) is 11.0. The van der Waals surface area contributed by atoms with E-state index >= 15 is 0 Å². The summed E-state index contributed by atoms with van der Waals surface area (Å²) in [7, 11) is 0. The second-order valence-corrected chi connectivity index (χ2v) is 8.83. The average molecular weight is 416 g/mol. The van der Waals surface area contributed by atoms with E-state index in [0.29, 0.717) is 24.2 Å². The third-order valence-electron chi connectivity index (χ3n) is 6.00. The van der Waals surface area contributed by atoms with Crippen molar-refractivity contribution in [3.63, 3.8) is 0 Å². The Morgan fingerprint density at radius 1 is 1.00 bits per heavy atom. The maximum absolute atomic E-state index is 13.5. The summed E-state index contributed by atoms with van der Waals surface area (Å²) >= 11 is 0. The zero-order valence-corrected chi connectivity index (χ0v) is 18.4. The first-order chi connectivity index (χ1) is 15.0. The Morgan fingerprint density at radius 3 is 2.23 bits per heavy atom. The fraction of sp³-hybridized carbons (Fsp3) is 0.333. The van der Waals surface area contributed by atoms with Crippen molar-refractivity contribution >= 4 is 11.8 Å². The molecule has 1 aliphatic heterocycles. The monoisotopic (exact) mass is 415 g/mol. The molecule has 1 aliphatic carbocycles. The summed E-state index contributed by atoms with van der Waals surface area (Å²) in [4.78, 5) is 26.6. The smallest absolute Gasteiger partial charge is 0.336 e. The standard InChI is InChI=1S/C27H29NO3/c1-17(2)16-31-27(30)24-18(3)28-22-14-21(19-10-6-4-7-11-19)15-23(29)26(22)25(24)20-12-8-5-9-13-20/h4-13,17,21,25,28H,14-16H2,1-3H3/t21-,25+/m1/s1. The van der Waals surface area contributed by atoms with Crippen molar-refractivity contribution in [3.8, 4) is 0 Å². The maximum Gasteiger partial charge on any atom is 0.336 e. The number of nitrogens with one attached hydrogen (secondary N) is 1. The zero-order valence-electron chi connectivity index (χ0n) is 18.4. The van der Waals surface area contributed by atoms with Gasteiger partial charge in [0.1, 0.15) is 0 Å².